The Labute approximate surface area is 92.1 Å². The molecule has 0 spiro atoms. The van der Waals surface area contributed by atoms with Crippen molar-refractivity contribution in [2.45, 2.75) is 12.5 Å². The molecule has 86 valence electrons. The van der Waals surface area contributed by atoms with E-state index in [0.29, 0.717) is 0 Å². The van der Waals surface area contributed by atoms with Crippen LogP contribution in [0, 0.1) is 0 Å². The quantitative estimate of drug-likeness (QED) is 0.777. The van der Waals surface area contributed by atoms with Crippen LogP contribution in [0.25, 0.3) is 0 Å². The molecule has 1 unspecified atom stereocenters. The van der Waals surface area contributed by atoms with Crippen molar-refractivity contribution in [3.8, 4) is 0 Å². The van der Waals surface area contributed by atoms with Gasteiger partial charge in [0.2, 0.25) is 0 Å². The van der Waals surface area contributed by atoms with Crippen LogP contribution < -0.4 is 5.32 Å². The van der Waals surface area contributed by atoms with Gasteiger partial charge < -0.3 is 10.4 Å². The van der Waals surface area contributed by atoms with Gasteiger partial charge in [0.25, 0.3) is 5.91 Å². The third-order valence-corrected chi connectivity index (χ3v) is 2.04. The highest BCUT2D eigenvalue weighted by molar-refractivity contribution is 5.84. The van der Waals surface area contributed by atoms with Crippen molar-refractivity contribution in [3.05, 3.63) is 35.9 Å². The Balaban J connectivity index is 2.65. The number of carbonyl (C=O) groups excluding carboxylic acids is 1. The first-order valence-electron chi connectivity index (χ1n) is 4.75. The molecule has 0 aromatic heterocycles. The highest BCUT2D eigenvalue weighted by atomic mass is 19.1. The summed E-state index contributed by atoms with van der Waals surface area (Å²) in [5, 5.41) is 10.9. The first kappa shape index (κ1) is 12.2. The number of carboxylic acid groups (broad SMARTS) is 1. The van der Waals surface area contributed by atoms with Crippen molar-refractivity contribution in [3.63, 3.8) is 0 Å². The molecule has 0 aliphatic heterocycles. The molecular formula is C11H12FNO3. The Kier molecular flexibility index (Phi) is 4.44. The van der Waals surface area contributed by atoms with E-state index in [1.165, 1.54) is 0 Å². The van der Waals surface area contributed by atoms with Crippen LogP contribution in [0.1, 0.15) is 5.56 Å². The summed E-state index contributed by atoms with van der Waals surface area (Å²) < 4.78 is 11.9. The molecule has 1 rings (SSSR count). The van der Waals surface area contributed by atoms with Crippen molar-refractivity contribution < 1.29 is 19.1 Å². The van der Waals surface area contributed by atoms with Gasteiger partial charge in [0.15, 0.2) is 6.67 Å². The van der Waals surface area contributed by atoms with Crippen LogP contribution in [0.3, 0.4) is 0 Å². The largest absolute Gasteiger partial charge is 0.480 e. The van der Waals surface area contributed by atoms with Crippen LogP contribution in [-0.2, 0) is 16.0 Å². The normalized spacial score (nSPS) is 11.8. The third-order valence-electron chi connectivity index (χ3n) is 2.04. The molecule has 1 aromatic rings. The van der Waals surface area contributed by atoms with Crippen LogP contribution >= 0.6 is 0 Å². The van der Waals surface area contributed by atoms with Crippen molar-refractivity contribution >= 4 is 11.9 Å². The number of benzene rings is 1. The number of carbonyl (C=O) groups is 2. The van der Waals surface area contributed by atoms with Gasteiger partial charge in [-0.2, -0.15) is 0 Å². The number of hydrogen-bond acceptors (Lipinski definition) is 2. The topological polar surface area (TPSA) is 66.4 Å². The summed E-state index contributed by atoms with van der Waals surface area (Å²) in [5.74, 6) is -2.09. The zero-order valence-electron chi connectivity index (χ0n) is 8.52. The summed E-state index contributed by atoms with van der Waals surface area (Å²) in [6, 6.07) is 7.75. The number of alkyl halides is 1. The van der Waals surface area contributed by atoms with Gasteiger partial charge in [-0.05, 0) is 5.56 Å². The Bertz CT molecular complexity index is 367. The number of aliphatic carboxylic acids is 1. The van der Waals surface area contributed by atoms with E-state index in [9.17, 15) is 14.0 Å². The molecule has 4 nitrogen and oxygen atoms in total. The van der Waals surface area contributed by atoms with Gasteiger partial charge in [-0.25, -0.2) is 9.18 Å². The molecule has 0 aliphatic carbocycles. The Morgan fingerprint density at radius 2 is 1.94 bits per heavy atom. The van der Waals surface area contributed by atoms with E-state index in [1.807, 2.05) is 0 Å². The Hall–Kier alpha value is -1.91. The number of rotatable bonds is 5. The number of carboxylic acids is 1. The predicted octanol–water partition coefficient (Wildman–Crippen LogP) is 0.768. The molecule has 0 radical (unpaired) electrons. The highest BCUT2D eigenvalue weighted by Gasteiger charge is 2.19. The maximum absolute atomic E-state index is 11.9. The van der Waals surface area contributed by atoms with Crippen LogP contribution in [0.2, 0.25) is 0 Å². The monoisotopic (exact) mass is 225 g/mol. The fourth-order valence-electron chi connectivity index (χ4n) is 1.28. The van der Waals surface area contributed by atoms with Gasteiger partial charge in [-0.1, -0.05) is 30.3 Å². The summed E-state index contributed by atoms with van der Waals surface area (Å²) >= 11 is 0. The Morgan fingerprint density at radius 3 is 2.44 bits per heavy atom. The molecule has 0 saturated carbocycles. The number of amides is 1. The number of halogens is 1. The van der Waals surface area contributed by atoms with Crippen LogP contribution in [0.15, 0.2) is 30.3 Å². The highest BCUT2D eigenvalue weighted by Crippen LogP contribution is 2.03. The smallest absolute Gasteiger partial charge is 0.326 e. The Morgan fingerprint density at radius 1 is 1.31 bits per heavy atom. The molecule has 0 bridgehead atoms. The summed E-state index contributed by atoms with van der Waals surface area (Å²) in [4.78, 5) is 21.6. The molecule has 0 saturated heterocycles. The minimum absolute atomic E-state index is 0.141. The van der Waals surface area contributed by atoms with Gasteiger partial charge in [-0.15, -0.1) is 0 Å². The number of hydrogen-bond donors (Lipinski definition) is 2. The lowest BCUT2D eigenvalue weighted by molar-refractivity contribution is -0.141. The fraction of sp³-hybridized carbons (Fsp3) is 0.273. The minimum Gasteiger partial charge on any atom is -0.480 e. The van der Waals surface area contributed by atoms with Gasteiger partial charge in [-0.3, -0.25) is 4.79 Å². The molecule has 16 heavy (non-hydrogen) atoms. The van der Waals surface area contributed by atoms with E-state index in [4.69, 9.17) is 5.11 Å². The van der Waals surface area contributed by atoms with E-state index < -0.39 is 24.6 Å². The minimum atomic E-state index is -1.21. The average Bonchev–Trinajstić information content (AvgIpc) is 2.29. The lowest BCUT2D eigenvalue weighted by Gasteiger charge is -2.13. The summed E-state index contributed by atoms with van der Waals surface area (Å²) in [7, 11) is 0. The van der Waals surface area contributed by atoms with Gasteiger partial charge >= 0.3 is 5.97 Å². The van der Waals surface area contributed by atoms with E-state index in [-0.39, 0.29) is 6.42 Å². The van der Waals surface area contributed by atoms with Gasteiger partial charge in [0.05, 0.1) is 0 Å². The van der Waals surface area contributed by atoms with Crippen molar-refractivity contribution in [2.24, 2.45) is 0 Å². The van der Waals surface area contributed by atoms with E-state index in [1.54, 1.807) is 30.3 Å². The van der Waals surface area contributed by atoms with E-state index in [0.717, 1.165) is 5.56 Å². The predicted molar refractivity (Wildman–Crippen MR) is 55.7 cm³/mol. The molecule has 1 atom stereocenters. The van der Waals surface area contributed by atoms with Crippen LogP contribution in [-0.4, -0.2) is 29.7 Å². The second-order valence-electron chi connectivity index (χ2n) is 3.28. The zero-order valence-corrected chi connectivity index (χ0v) is 8.52. The lowest BCUT2D eigenvalue weighted by Crippen LogP contribution is -2.43. The molecule has 0 heterocycles. The van der Waals surface area contributed by atoms with E-state index >= 15 is 0 Å². The average molecular weight is 225 g/mol. The first-order chi connectivity index (χ1) is 7.63. The SMILES string of the molecule is O=C(CF)NC(Cc1ccccc1)C(=O)O. The summed E-state index contributed by atoms with van der Waals surface area (Å²) in [5.41, 5.74) is 0.772. The molecule has 1 aromatic carbocycles. The molecule has 1 amide bonds. The summed E-state index contributed by atoms with van der Waals surface area (Å²) in [6.07, 6.45) is 0.141. The number of nitrogens with one attached hydrogen (secondary N) is 1. The molecule has 0 fully saturated rings. The molecule has 5 heteroatoms. The van der Waals surface area contributed by atoms with Crippen molar-refractivity contribution in [2.75, 3.05) is 6.67 Å². The first-order valence-corrected chi connectivity index (χ1v) is 4.75. The second-order valence-corrected chi connectivity index (χ2v) is 3.28. The van der Waals surface area contributed by atoms with Crippen LogP contribution in [0.4, 0.5) is 4.39 Å². The van der Waals surface area contributed by atoms with Crippen molar-refractivity contribution in [1.29, 1.82) is 0 Å². The zero-order chi connectivity index (χ0) is 12.0. The maximum atomic E-state index is 11.9. The van der Waals surface area contributed by atoms with E-state index in [2.05, 4.69) is 5.32 Å². The standard InChI is InChI=1S/C11H12FNO3/c12-7-10(14)13-9(11(15)16)6-8-4-2-1-3-5-8/h1-5,9H,6-7H2,(H,13,14)(H,15,16). The van der Waals surface area contributed by atoms with Gasteiger partial charge in [0.1, 0.15) is 6.04 Å². The molecule has 2 N–H and O–H groups in total. The second kappa shape index (κ2) is 5.85. The van der Waals surface area contributed by atoms with Crippen molar-refractivity contribution in [1.82, 2.24) is 5.32 Å². The van der Waals surface area contributed by atoms with Crippen LogP contribution in [0.5, 0.6) is 0 Å². The molecular weight excluding hydrogens is 213 g/mol. The van der Waals surface area contributed by atoms with Gasteiger partial charge in [0, 0.05) is 6.42 Å². The summed E-state index contributed by atoms with van der Waals surface area (Å²) in [6.45, 7) is -1.21. The maximum Gasteiger partial charge on any atom is 0.326 e. The fourth-order valence-corrected chi connectivity index (χ4v) is 1.28. The molecule has 0 aliphatic rings. The third kappa shape index (κ3) is 3.68. The lowest BCUT2D eigenvalue weighted by atomic mass is 10.1.